The van der Waals surface area contributed by atoms with Crippen LogP contribution in [0.25, 0.3) is 0 Å². The van der Waals surface area contributed by atoms with E-state index in [9.17, 15) is 4.79 Å². The third-order valence-electron chi connectivity index (χ3n) is 2.77. The number of benzene rings is 1. The Morgan fingerprint density at radius 1 is 1.43 bits per heavy atom. The van der Waals surface area contributed by atoms with E-state index in [-0.39, 0.29) is 5.91 Å². The van der Waals surface area contributed by atoms with Crippen LogP contribution in [0.1, 0.15) is 20.1 Å². The number of hydrogen-bond donors (Lipinski definition) is 2. The van der Waals surface area contributed by atoms with Crippen molar-refractivity contribution in [3.63, 3.8) is 0 Å². The highest BCUT2D eigenvalue weighted by atomic mass is 32.2. The summed E-state index contributed by atoms with van der Waals surface area (Å²) in [6.07, 6.45) is 2.01. The molecule has 0 fully saturated rings. The molecule has 5 heteroatoms. The Labute approximate surface area is 132 Å². The van der Waals surface area contributed by atoms with Crippen molar-refractivity contribution in [1.29, 1.82) is 0 Å². The number of amides is 1. The van der Waals surface area contributed by atoms with Crippen molar-refractivity contribution in [2.75, 3.05) is 18.1 Å². The summed E-state index contributed by atoms with van der Waals surface area (Å²) in [5.74, 6) is 5.70. The highest BCUT2D eigenvalue weighted by molar-refractivity contribution is 7.98. The summed E-state index contributed by atoms with van der Waals surface area (Å²) in [5, 5.41) is 2.91. The maximum Gasteiger partial charge on any atom is 0.265 e. The Kier molecular flexibility index (Phi) is 5.45. The lowest BCUT2D eigenvalue weighted by molar-refractivity contribution is 0.103. The van der Waals surface area contributed by atoms with Gasteiger partial charge in [0.15, 0.2) is 0 Å². The molecule has 0 unspecified atom stereocenters. The number of anilines is 1. The highest BCUT2D eigenvalue weighted by Gasteiger charge is 2.12. The molecule has 0 aliphatic rings. The molecule has 3 nitrogen and oxygen atoms in total. The minimum absolute atomic E-state index is 0.109. The van der Waals surface area contributed by atoms with E-state index in [4.69, 9.17) is 5.73 Å². The molecule has 0 spiro atoms. The second-order valence-corrected chi connectivity index (χ2v) is 6.25. The second kappa shape index (κ2) is 7.32. The molecule has 2 aromatic rings. The van der Waals surface area contributed by atoms with Gasteiger partial charge in [-0.3, -0.25) is 4.79 Å². The number of carbonyl (C=O) groups excluding carboxylic acids is 1. The SMILES string of the molecule is CSc1cccc(NC(=O)c2cc(C)c(C#CCN)s2)c1. The van der Waals surface area contributed by atoms with E-state index in [2.05, 4.69) is 17.2 Å². The lowest BCUT2D eigenvalue weighted by Gasteiger charge is -2.04. The van der Waals surface area contributed by atoms with Gasteiger partial charge in [-0.25, -0.2) is 0 Å². The van der Waals surface area contributed by atoms with Crippen molar-refractivity contribution in [1.82, 2.24) is 0 Å². The minimum Gasteiger partial charge on any atom is -0.321 e. The summed E-state index contributed by atoms with van der Waals surface area (Å²) in [7, 11) is 0. The molecular formula is C16H16N2OS2. The molecule has 2 rings (SSSR count). The zero-order valence-electron chi connectivity index (χ0n) is 11.9. The lowest BCUT2D eigenvalue weighted by Crippen LogP contribution is -2.09. The molecule has 1 heterocycles. The quantitative estimate of drug-likeness (QED) is 0.674. The van der Waals surface area contributed by atoms with Gasteiger partial charge in [-0.05, 0) is 43.0 Å². The van der Waals surface area contributed by atoms with E-state index in [0.717, 1.165) is 21.0 Å². The zero-order valence-corrected chi connectivity index (χ0v) is 13.5. The summed E-state index contributed by atoms with van der Waals surface area (Å²) in [4.78, 5) is 14.9. The van der Waals surface area contributed by atoms with Gasteiger partial charge in [-0.15, -0.1) is 23.1 Å². The van der Waals surface area contributed by atoms with Crippen LogP contribution in [0, 0.1) is 18.8 Å². The van der Waals surface area contributed by atoms with Gasteiger partial charge in [0.1, 0.15) is 0 Å². The summed E-state index contributed by atoms with van der Waals surface area (Å²) in [6, 6.07) is 9.64. The molecule has 0 aliphatic carbocycles. The summed E-state index contributed by atoms with van der Waals surface area (Å²) in [5.41, 5.74) is 7.17. The third kappa shape index (κ3) is 4.11. The molecule has 0 saturated carbocycles. The number of hydrogen-bond acceptors (Lipinski definition) is 4. The minimum atomic E-state index is -0.109. The van der Waals surface area contributed by atoms with E-state index in [1.165, 1.54) is 11.3 Å². The average molecular weight is 316 g/mol. The molecule has 0 radical (unpaired) electrons. The first-order valence-corrected chi connectivity index (χ1v) is 8.43. The largest absolute Gasteiger partial charge is 0.321 e. The van der Waals surface area contributed by atoms with E-state index in [1.54, 1.807) is 11.8 Å². The number of rotatable bonds is 3. The molecule has 0 aliphatic heterocycles. The predicted octanol–water partition coefficient (Wildman–Crippen LogP) is 3.34. The van der Waals surface area contributed by atoms with Gasteiger partial charge in [-0.1, -0.05) is 17.9 Å². The van der Waals surface area contributed by atoms with Crippen LogP contribution in [0.15, 0.2) is 35.2 Å². The van der Waals surface area contributed by atoms with Crippen LogP contribution in [0.5, 0.6) is 0 Å². The number of thiophene rings is 1. The molecule has 21 heavy (non-hydrogen) atoms. The van der Waals surface area contributed by atoms with Crippen LogP contribution in [0.2, 0.25) is 0 Å². The average Bonchev–Trinajstić information content (AvgIpc) is 2.86. The topological polar surface area (TPSA) is 55.1 Å². The van der Waals surface area contributed by atoms with Crippen molar-refractivity contribution in [2.24, 2.45) is 5.73 Å². The van der Waals surface area contributed by atoms with Crippen molar-refractivity contribution in [3.8, 4) is 11.8 Å². The Hall–Kier alpha value is -1.74. The Bertz CT molecular complexity index is 711. The van der Waals surface area contributed by atoms with Crippen LogP contribution >= 0.6 is 23.1 Å². The lowest BCUT2D eigenvalue weighted by atomic mass is 10.2. The number of thioether (sulfide) groups is 1. The van der Waals surface area contributed by atoms with E-state index >= 15 is 0 Å². The van der Waals surface area contributed by atoms with Gasteiger partial charge >= 0.3 is 0 Å². The summed E-state index contributed by atoms with van der Waals surface area (Å²) >= 11 is 3.03. The smallest absolute Gasteiger partial charge is 0.265 e. The molecule has 1 aromatic carbocycles. The van der Waals surface area contributed by atoms with Gasteiger partial charge in [0, 0.05) is 10.6 Å². The molecule has 0 bridgehead atoms. The van der Waals surface area contributed by atoms with Crippen LogP contribution in [0.3, 0.4) is 0 Å². The molecule has 0 atom stereocenters. The molecular weight excluding hydrogens is 300 g/mol. The fraction of sp³-hybridized carbons (Fsp3) is 0.188. The van der Waals surface area contributed by atoms with Gasteiger partial charge in [0.25, 0.3) is 5.91 Å². The van der Waals surface area contributed by atoms with Gasteiger partial charge in [-0.2, -0.15) is 0 Å². The first kappa shape index (κ1) is 15.6. The fourth-order valence-electron chi connectivity index (χ4n) is 1.74. The maximum absolute atomic E-state index is 12.3. The van der Waals surface area contributed by atoms with Gasteiger partial charge < -0.3 is 11.1 Å². The third-order valence-corrected chi connectivity index (χ3v) is 4.65. The number of carbonyl (C=O) groups is 1. The van der Waals surface area contributed by atoms with Gasteiger partial charge in [0.05, 0.1) is 16.3 Å². The zero-order chi connectivity index (χ0) is 15.2. The molecule has 1 amide bonds. The highest BCUT2D eigenvalue weighted by Crippen LogP contribution is 2.23. The summed E-state index contributed by atoms with van der Waals surface area (Å²) < 4.78 is 0. The van der Waals surface area contributed by atoms with Crippen molar-refractivity contribution >= 4 is 34.7 Å². The molecule has 0 saturated heterocycles. The van der Waals surface area contributed by atoms with E-state index in [1.807, 2.05) is 43.5 Å². The normalized spacial score (nSPS) is 9.86. The van der Waals surface area contributed by atoms with E-state index < -0.39 is 0 Å². The van der Waals surface area contributed by atoms with Crippen molar-refractivity contribution in [3.05, 3.63) is 45.6 Å². The number of nitrogens with two attached hydrogens (primary N) is 1. The number of nitrogens with one attached hydrogen (secondary N) is 1. The Balaban J connectivity index is 2.16. The second-order valence-electron chi connectivity index (χ2n) is 4.31. The molecule has 108 valence electrons. The maximum atomic E-state index is 12.3. The first-order valence-electron chi connectivity index (χ1n) is 6.39. The number of aryl methyl sites for hydroxylation is 1. The van der Waals surface area contributed by atoms with Crippen LogP contribution in [0.4, 0.5) is 5.69 Å². The standard InChI is InChI=1S/C16H16N2OS2/c1-11-9-15(21-14(11)7-4-8-17)16(19)18-12-5-3-6-13(10-12)20-2/h3,5-6,9-10H,8,17H2,1-2H3,(H,18,19). The Morgan fingerprint density at radius 3 is 2.95 bits per heavy atom. The predicted molar refractivity (Wildman–Crippen MR) is 91.2 cm³/mol. The Morgan fingerprint density at radius 2 is 2.24 bits per heavy atom. The van der Waals surface area contributed by atoms with Gasteiger partial charge in [0.2, 0.25) is 0 Å². The monoisotopic (exact) mass is 316 g/mol. The summed E-state index contributed by atoms with van der Waals surface area (Å²) in [6.45, 7) is 2.27. The molecule has 1 aromatic heterocycles. The van der Waals surface area contributed by atoms with Crippen molar-refractivity contribution in [2.45, 2.75) is 11.8 Å². The van der Waals surface area contributed by atoms with Crippen LogP contribution in [-0.4, -0.2) is 18.7 Å². The van der Waals surface area contributed by atoms with E-state index in [0.29, 0.717) is 11.4 Å². The fourth-order valence-corrected chi connectivity index (χ4v) is 3.14. The van der Waals surface area contributed by atoms with Crippen molar-refractivity contribution < 1.29 is 4.79 Å². The first-order chi connectivity index (χ1) is 10.1. The molecule has 3 N–H and O–H groups in total. The van der Waals surface area contributed by atoms with Crippen LogP contribution in [-0.2, 0) is 0 Å². The van der Waals surface area contributed by atoms with Crippen LogP contribution < -0.4 is 11.1 Å².